The van der Waals surface area contributed by atoms with Gasteiger partial charge in [0.25, 0.3) is 0 Å². The second kappa shape index (κ2) is 6.44. The Labute approximate surface area is 130 Å². The van der Waals surface area contributed by atoms with Crippen molar-refractivity contribution in [2.45, 2.75) is 45.1 Å². The van der Waals surface area contributed by atoms with Crippen molar-refractivity contribution in [2.24, 2.45) is 0 Å². The summed E-state index contributed by atoms with van der Waals surface area (Å²) >= 11 is 3.53. The van der Waals surface area contributed by atoms with Crippen molar-refractivity contribution in [3.05, 3.63) is 22.3 Å². The molecule has 0 atom stereocenters. The number of pyridine rings is 1. The number of piperidine rings is 2. The zero-order chi connectivity index (χ0) is 13.9. The second-order valence-corrected chi connectivity index (χ2v) is 6.96. The Morgan fingerprint density at radius 2 is 1.80 bits per heavy atom. The third-order valence-electron chi connectivity index (χ3n) is 4.73. The molecule has 2 aliphatic rings. The molecule has 0 radical (unpaired) electrons. The highest BCUT2D eigenvalue weighted by atomic mass is 79.9. The molecule has 2 aliphatic heterocycles. The lowest BCUT2D eigenvalue weighted by molar-refractivity contribution is 0.141. The standard InChI is InChI=1S/C16H24BrN3/c1-13-11-16(18-12-15(13)17)20-9-5-14(6-10-20)19-7-3-2-4-8-19/h11-12,14H,2-10H2,1H3. The van der Waals surface area contributed by atoms with E-state index < -0.39 is 0 Å². The van der Waals surface area contributed by atoms with Crippen molar-refractivity contribution in [3.8, 4) is 0 Å². The van der Waals surface area contributed by atoms with Gasteiger partial charge in [-0.05, 0) is 73.3 Å². The van der Waals surface area contributed by atoms with Gasteiger partial charge in [-0.25, -0.2) is 4.98 Å². The van der Waals surface area contributed by atoms with Gasteiger partial charge < -0.3 is 9.80 Å². The number of aromatic nitrogens is 1. The van der Waals surface area contributed by atoms with Crippen LogP contribution in [-0.4, -0.2) is 42.1 Å². The summed E-state index contributed by atoms with van der Waals surface area (Å²) in [6.07, 6.45) is 8.73. The molecule has 0 unspecified atom stereocenters. The Kier molecular flexibility index (Phi) is 4.61. The van der Waals surface area contributed by atoms with E-state index in [1.165, 1.54) is 50.8 Å². The van der Waals surface area contributed by atoms with Crippen LogP contribution in [0.5, 0.6) is 0 Å². The highest BCUT2D eigenvalue weighted by Crippen LogP contribution is 2.25. The molecule has 2 fully saturated rings. The molecule has 0 aliphatic carbocycles. The molecule has 3 heterocycles. The summed E-state index contributed by atoms with van der Waals surface area (Å²) in [6, 6.07) is 3.01. The van der Waals surface area contributed by atoms with Crippen LogP contribution in [0.3, 0.4) is 0 Å². The van der Waals surface area contributed by atoms with Crippen LogP contribution in [0.1, 0.15) is 37.7 Å². The summed E-state index contributed by atoms with van der Waals surface area (Å²) in [4.78, 5) is 9.73. The number of anilines is 1. The molecule has 110 valence electrons. The van der Waals surface area contributed by atoms with E-state index in [0.29, 0.717) is 0 Å². The minimum Gasteiger partial charge on any atom is -0.356 e. The van der Waals surface area contributed by atoms with Crippen LogP contribution in [0.25, 0.3) is 0 Å². The van der Waals surface area contributed by atoms with Crippen molar-refractivity contribution in [1.29, 1.82) is 0 Å². The molecule has 0 bridgehead atoms. The maximum Gasteiger partial charge on any atom is 0.128 e. The Balaban J connectivity index is 1.58. The van der Waals surface area contributed by atoms with Gasteiger partial charge in [0.2, 0.25) is 0 Å². The molecule has 0 aromatic carbocycles. The Morgan fingerprint density at radius 1 is 1.10 bits per heavy atom. The second-order valence-electron chi connectivity index (χ2n) is 6.11. The SMILES string of the molecule is Cc1cc(N2CCC(N3CCCCC3)CC2)ncc1Br. The number of halogens is 1. The molecule has 1 aromatic rings. The van der Waals surface area contributed by atoms with Gasteiger partial charge in [0, 0.05) is 29.8 Å². The summed E-state index contributed by atoms with van der Waals surface area (Å²) in [5.41, 5.74) is 1.27. The molecule has 0 saturated carbocycles. The van der Waals surface area contributed by atoms with Crippen LogP contribution in [0, 0.1) is 6.92 Å². The first-order valence-corrected chi connectivity index (χ1v) is 8.64. The van der Waals surface area contributed by atoms with Crippen LogP contribution in [0.4, 0.5) is 5.82 Å². The van der Waals surface area contributed by atoms with E-state index in [9.17, 15) is 0 Å². The zero-order valence-electron chi connectivity index (χ0n) is 12.3. The van der Waals surface area contributed by atoms with Gasteiger partial charge in [0.15, 0.2) is 0 Å². The summed E-state index contributed by atoms with van der Waals surface area (Å²) in [5.74, 6) is 1.14. The molecule has 20 heavy (non-hydrogen) atoms. The molecule has 1 aromatic heterocycles. The molecule has 0 N–H and O–H groups in total. The minimum absolute atomic E-state index is 0.808. The van der Waals surface area contributed by atoms with E-state index in [1.807, 2.05) is 6.20 Å². The number of rotatable bonds is 2. The lowest BCUT2D eigenvalue weighted by Crippen LogP contribution is -2.46. The van der Waals surface area contributed by atoms with Gasteiger partial charge in [-0.1, -0.05) is 6.42 Å². The fraction of sp³-hybridized carbons (Fsp3) is 0.688. The highest BCUT2D eigenvalue weighted by Gasteiger charge is 2.26. The summed E-state index contributed by atoms with van der Waals surface area (Å²) < 4.78 is 1.10. The third kappa shape index (κ3) is 3.17. The lowest BCUT2D eigenvalue weighted by Gasteiger charge is -2.40. The first kappa shape index (κ1) is 14.3. The van der Waals surface area contributed by atoms with Crippen molar-refractivity contribution < 1.29 is 0 Å². The smallest absolute Gasteiger partial charge is 0.128 e. The quantitative estimate of drug-likeness (QED) is 0.821. The maximum absolute atomic E-state index is 4.57. The summed E-state index contributed by atoms with van der Waals surface area (Å²) in [7, 11) is 0. The van der Waals surface area contributed by atoms with E-state index in [1.54, 1.807) is 0 Å². The van der Waals surface area contributed by atoms with E-state index in [2.05, 4.69) is 43.7 Å². The predicted octanol–water partition coefficient (Wildman–Crippen LogP) is 3.61. The highest BCUT2D eigenvalue weighted by molar-refractivity contribution is 9.10. The molecule has 0 amide bonds. The van der Waals surface area contributed by atoms with Gasteiger partial charge in [0.1, 0.15) is 5.82 Å². The Bertz CT molecular complexity index is 449. The third-order valence-corrected chi connectivity index (χ3v) is 5.56. The van der Waals surface area contributed by atoms with Crippen LogP contribution in [0.2, 0.25) is 0 Å². The number of likely N-dealkylation sites (tertiary alicyclic amines) is 1. The monoisotopic (exact) mass is 337 g/mol. The fourth-order valence-corrected chi connectivity index (χ4v) is 3.66. The van der Waals surface area contributed by atoms with Crippen LogP contribution in [0.15, 0.2) is 16.7 Å². The first-order valence-electron chi connectivity index (χ1n) is 7.85. The van der Waals surface area contributed by atoms with Crippen molar-refractivity contribution in [3.63, 3.8) is 0 Å². The largest absolute Gasteiger partial charge is 0.356 e. The van der Waals surface area contributed by atoms with E-state index in [0.717, 1.165) is 29.4 Å². The van der Waals surface area contributed by atoms with Gasteiger partial charge in [-0.15, -0.1) is 0 Å². The predicted molar refractivity (Wildman–Crippen MR) is 87.3 cm³/mol. The average Bonchev–Trinajstić information content (AvgIpc) is 2.51. The number of aryl methyl sites for hydroxylation is 1. The van der Waals surface area contributed by atoms with Crippen LogP contribution >= 0.6 is 15.9 Å². The Hall–Kier alpha value is -0.610. The van der Waals surface area contributed by atoms with E-state index in [-0.39, 0.29) is 0 Å². The van der Waals surface area contributed by atoms with Gasteiger partial charge in [-0.2, -0.15) is 0 Å². The molecule has 2 saturated heterocycles. The summed E-state index contributed by atoms with van der Waals surface area (Å²) in [5, 5.41) is 0. The molecular weight excluding hydrogens is 314 g/mol. The Morgan fingerprint density at radius 3 is 2.45 bits per heavy atom. The maximum atomic E-state index is 4.57. The lowest BCUT2D eigenvalue weighted by atomic mass is 10.00. The topological polar surface area (TPSA) is 19.4 Å². The fourth-order valence-electron chi connectivity index (χ4n) is 3.44. The van der Waals surface area contributed by atoms with Gasteiger partial charge in [0.05, 0.1) is 0 Å². The molecular formula is C16H24BrN3. The van der Waals surface area contributed by atoms with Crippen molar-refractivity contribution in [2.75, 3.05) is 31.1 Å². The van der Waals surface area contributed by atoms with Gasteiger partial charge in [-0.3, -0.25) is 0 Å². The van der Waals surface area contributed by atoms with E-state index >= 15 is 0 Å². The van der Waals surface area contributed by atoms with Crippen LogP contribution < -0.4 is 4.90 Å². The molecule has 0 spiro atoms. The van der Waals surface area contributed by atoms with E-state index in [4.69, 9.17) is 0 Å². The number of nitrogens with zero attached hydrogens (tertiary/aromatic N) is 3. The van der Waals surface area contributed by atoms with Crippen LogP contribution in [-0.2, 0) is 0 Å². The number of hydrogen-bond donors (Lipinski definition) is 0. The minimum atomic E-state index is 0.808. The van der Waals surface area contributed by atoms with Gasteiger partial charge >= 0.3 is 0 Å². The van der Waals surface area contributed by atoms with Crippen molar-refractivity contribution >= 4 is 21.7 Å². The van der Waals surface area contributed by atoms with Crippen molar-refractivity contribution in [1.82, 2.24) is 9.88 Å². The summed E-state index contributed by atoms with van der Waals surface area (Å²) in [6.45, 7) is 7.07. The first-order chi connectivity index (χ1) is 9.74. The zero-order valence-corrected chi connectivity index (χ0v) is 13.9. The molecule has 3 nitrogen and oxygen atoms in total. The number of hydrogen-bond acceptors (Lipinski definition) is 3. The average molecular weight is 338 g/mol. The molecule has 3 rings (SSSR count). The molecule has 4 heteroatoms. The normalized spacial score (nSPS) is 22.2.